The number of nitrogens with two attached hydrogens (primary N) is 2. The van der Waals surface area contributed by atoms with Crippen molar-refractivity contribution >= 4 is 11.8 Å². The molecule has 20 heavy (non-hydrogen) atoms. The summed E-state index contributed by atoms with van der Waals surface area (Å²) in [5, 5.41) is 19.4. The summed E-state index contributed by atoms with van der Waals surface area (Å²) in [4.78, 5) is 23.2. The van der Waals surface area contributed by atoms with Crippen LogP contribution in [-0.4, -0.2) is 72.3 Å². The molecule has 1 unspecified atom stereocenters. The monoisotopic (exact) mass is 290 g/mol. The van der Waals surface area contributed by atoms with Gasteiger partial charge >= 0.3 is 5.97 Å². The van der Waals surface area contributed by atoms with E-state index in [-0.39, 0.29) is 11.0 Å². The lowest BCUT2D eigenvalue weighted by molar-refractivity contribution is -0.875. The molecule has 7 heteroatoms. The minimum Gasteiger partial charge on any atom is -0.481 e. The van der Waals surface area contributed by atoms with Crippen molar-refractivity contribution in [2.75, 3.05) is 34.2 Å². The third-order valence-corrected chi connectivity index (χ3v) is 2.94. The minimum atomic E-state index is -1.94. The summed E-state index contributed by atoms with van der Waals surface area (Å²) >= 11 is 0. The van der Waals surface area contributed by atoms with Gasteiger partial charge in [0.2, 0.25) is 0 Å². The van der Waals surface area contributed by atoms with Gasteiger partial charge in [0.05, 0.1) is 33.6 Å². The largest absolute Gasteiger partial charge is 0.481 e. The van der Waals surface area contributed by atoms with Crippen molar-refractivity contribution in [2.24, 2.45) is 11.5 Å². The molecule has 0 aliphatic rings. The molecular formula is C13H28N3O4+. The van der Waals surface area contributed by atoms with Gasteiger partial charge in [-0.15, -0.1) is 0 Å². The van der Waals surface area contributed by atoms with Crippen molar-refractivity contribution in [1.82, 2.24) is 0 Å². The number of rotatable bonds is 10. The zero-order valence-electron chi connectivity index (χ0n) is 12.6. The van der Waals surface area contributed by atoms with Gasteiger partial charge in [0.25, 0.3) is 0 Å². The van der Waals surface area contributed by atoms with Crippen LogP contribution < -0.4 is 11.5 Å². The van der Waals surface area contributed by atoms with Gasteiger partial charge in [0, 0.05) is 0 Å². The number of hydrogen-bond acceptors (Lipinski definition) is 5. The average Bonchev–Trinajstić information content (AvgIpc) is 2.24. The summed E-state index contributed by atoms with van der Waals surface area (Å²) in [6.45, 7) is 0.516. The summed E-state index contributed by atoms with van der Waals surface area (Å²) in [6.07, 6.45) is 1.19. The number of carboxylic acids is 1. The number of unbranched alkanes of at least 4 members (excludes halogenated alkanes) is 1. The summed E-state index contributed by atoms with van der Waals surface area (Å²) in [5.41, 5.74) is 9.22. The van der Waals surface area contributed by atoms with E-state index in [2.05, 4.69) is 0 Å². The Morgan fingerprint density at radius 1 is 1.25 bits per heavy atom. The highest BCUT2D eigenvalue weighted by molar-refractivity contribution is 5.94. The molecule has 0 spiro atoms. The number of hydrogen-bond donors (Lipinski definition) is 4. The second kappa shape index (κ2) is 7.68. The van der Waals surface area contributed by atoms with Crippen LogP contribution in [0.1, 0.15) is 25.7 Å². The number of ketones is 1. The van der Waals surface area contributed by atoms with E-state index in [1.54, 1.807) is 21.1 Å². The zero-order chi connectivity index (χ0) is 16.0. The van der Waals surface area contributed by atoms with Gasteiger partial charge in [0.15, 0.2) is 11.4 Å². The topological polar surface area (TPSA) is 127 Å². The number of nitrogens with zero attached hydrogens (tertiary/aromatic N) is 1. The number of carbonyl (C=O) groups excluding carboxylic acids is 1. The molecule has 0 aliphatic carbocycles. The van der Waals surface area contributed by atoms with Crippen LogP contribution in [0.2, 0.25) is 0 Å². The Balaban J connectivity index is 4.92. The Kier molecular flexibility index (Phi) is 7.29. The van der Waals surface area contributed by atoms with E-state index in [0.717, 1.165) is 6.42 Å². The lowest BCUT2D eigenvalue weighted by Gasteiger charge is -2.35. The van der Waals surface area contributed by atoms with Crippen LogP contribution >= 0.6 is 0 Å². The SMILES string of the molecule is C[N+](C)(C)CC(O)(CC(=O)O)C(=O)[C@@H](N)CCCCN. The summed E-state index contributed by atoms with van der Waals surface area (Å²) < 4.78 is 0.269. The minimum absolute atomic E-state index is 0.00270. The molecule has 0 amide bonds. The summed E-state index contributed by atoms with van der Waals surface area (Å²) in [7, 11) is 5.33. The standard InChI is InChI=1S/C13H27N3O4/c1-16(2,3)9-13(20,8-11(17)18)12(19)10(15)6-4-5-7-14/h10,20H,4-9,14-15H2,1-3H3/p+1/t10-,13?/m0/s1. The maximum absolute atomic E-state index is 12.3. The van der Waals surface area contributed by atoms with Crippen molar-refractivity contribution in [2.45, 2.75) is 37.3 Å². The summed E-state index contributed by atoms with van der Waals surface area (Å²) in [6, 6.07) is -0.863. The lowest BCUT2D eigenvalue weighted by atomic mass is 9.87. The molecule has 0 aliphatic heterocycles. The first kappa shape index (κ1) is 19.0. The van der Waals surface area contributed by atoms with E-state index in [1.807, 2.05) is 0 Å². The van der Waals surface area contributed by atoms with Crippen LogP contribution in [-0.2, 0) is 9.59 Å². The van der Waals surface area contributed by atoms with Crippen LogP contribution in [0, 0.1) is 0 Å². The van der Waals surface area contributed by atoms with E-state index < -0.39 is 29.8 Å². The third kappa shape index (κ3) is 6.95. The highest BCUT2D eigenvalue weighted by atomic mass is 16.4. The van der Waals surface area contributed by atoms with Crippen molar-refractivity contribution in [1.29, 1.82) is 0 Å². The maximum Gasteiger partial charge on any atom is 0.306 e. The van der Waals surface area contributed by atoms with Crippen molar-refractivity contribution in [3.05, 3.63) is 0 Å². The number of carbonyl (C=O) groups is 2. The fourth-order valence-corrected chi connectivity index (χ4v) is 2.24. The van der Waals surface area contributed by atoms with Gasteiger partial charge in [0.1, 0.15) is 6.54 Å². The van der Waals surface area contributed by atoms with Gasteiger partial charge in [-0.3, -0.25) is 9.59 Å². The van der Waals surface area contributed by atoms with E-state index >= 15 is 0 Å². The van der Waals surface area contributed by atoms with Gasteiger partial charge in [-0.25, -0.2) is 0 Å². The van der Waals surface area contributed by atoms with Gasteiger partial charge in [-0.2, -0.15) is 0 Å². The highest BCUT2D eigenvalue weighted by Gasteiger charge is 2.45. The number of carboxylic acid groups (broad SMARTS) is 1. The summed E-state index contributed by atoms with van der Waals surface area (Å²) in [5.74, 6) is -1.83. The smallest absolute Gasteiger partial charge is 0.306 e. The molecule has 118 valence electrons. The molecule has 2 atom stereocenters. The molecule has 0 rings (SSSR count). The lowest BCUT2D eigenvalue weighted by Crippen LogP contribution is -2.58. The van der Waals surface area contributed by atoms with E-state index in [4.69, 9.17) is 16.6 Å². The Hall–Kier alpha value is -1.02. The molecule has 0 aromatic carbocycles. The predicted molar refractivity (Wildman–Crippen MR) is 76.0 cm³/mol. The Labute approximate surface area is 120 Å². The molecule has 7 nitrogen and oxygen atoms in total. The number of aliphatic carboxylic acids is 1. The fourth-order valence-electron chi connectivity index (χ4n) is 2.24. The number of likely N-dealkylation sites (N-methyl/N-ethyl adjacent to an activating group) is 1. The first-order valence-electron chi connectivity index (χ1n) is 6.76. The number of quaternary nitrogens is 1. The quantitative estimate of drug-likeness (QED) is 0.299. The van der Waals surface area contributed by atoms with Crippen LogP contribution in [0.3, 0.4) is 0 Å². The molecule has 0 aromatic rings. The Morgan fingerprint density at radius 3 is 2.20 bits per heavy atom. The molecule has 0 heterocycles. The van der Waals surface area contributed by atoms with E-state index in [9.17, 15) is 14.7 Å². The third-order valence-electron chi connectivity index (χ3n) is 2.94. The number of Topliss-reactive ketones (excluding diaryl/α,β-unsaturated/α-hetero) is 1. The molecular weight excluding hydrogens is 262 g/mol. The van der Waals surface area contributed by atoms with Gasteiger partial charge < -0.3 is 26.2 Å². The van der Waals surface area contributed by atoms with Crippen molar-refractivity contribution in [3.8, 4) is 0 Å². The molecule has 0 aromatic heterocycles. The van der Waals surface area contributed by atoms with E-state index in [0.29, 0.717) is 19.4 Å². The molecule has 0 fully saturated rings. The van der Waals surface area contributed by atoms with Crippen LogP contribution in [0.4, 0.5) is 0 Å². The maximum atomic E-state index is 12.3. The molecule has 0 radical (unpaired) electrons. The second-order valence-electron chi connectivity index (χ2n) is 6.31. The second-order valence-corrected chi connectivity index (χ2v) is 6.31. The van der Waals surface area contributed by atoms with Crippen LogP contribution in [0.15, 0.2) is 0 Å². The van der Waals surface area contributed by atoms with Crippen molar-refractivity contribution in [3.63, 3.8) is 0 Å². The predicted octanol–water partition coefficient (Wildman–Crippen LogP) is -1.08. The van der Waals surface area contributed by atoms with Crippen molar-refractivity contribution < 1.29 is 24.3 Å². The Morgan fingerprint density at radius 2 is 1.80 bits per heavy atom. The Bertz CT molecular complexity index is 341. The van der Waals surface area contributed by atoms with Crippen LogP contribution in [0.5, 0.6) is 0 Å². The normalized spacial score (nSPS) is 16.5. The molecule has 0 bridgehead atoms. The first-order chi connectivity index (χ1) is 9.02. The molecule has 0 saturated carbocycles. The van der Waals surface area contributed by atoms with E-state index in [1.165, 1.54) is 0 Å². The van der Waals surface area contributed by atoms with Crippen LogP contribution in [0.25, 0.3) is 0 Å². The van der Waals surface area contributed by atoms with Gasteiger partial charge in [-0.05, 0) is 19.4 Å². The molecule has 6 N–H and O–H groups in total. The first-order valence-corrected chi connectivity index (χ1v) is 6.76. The number of aliphatic hydroxyl groups is 1. The average molecular weight is 290 g/mol. The molecule has 0 saturated heterocycles. The fraction of sp³-hybridized carbons (Fsp3) is 0.846. The highest BCUT2D eigenvalue weighted by Crippen LogP contribution is 2.19. The van der Waals surface area contributed by atoms with Gasteiger partial charge in [-0.1, -0.05) is 6.42 Å². The zero-order valence-corrected chi connectivity index (χ0v) is 12.6.